The van der Waals surface area contributed by atoms with E-state index in [2.05, 4.69) is 41.6 Å². The summed E-state index contributed by atoms with van der Waals surface area (Å²) in [5.41, 5.74) is 2.60. The summed E-state index contributed by atoms with van der Waals surface area (Å²) >= 11 is 0. The van der Waals surface area contributed by atoms with Crippen LogP contribution in [0.2, 0.25) is 0 Å². The average molecular weight is 285 g/mol. The van der Waals surface area contributed by atoms with E-state index in [0.717, 1.165) is 31.6 Å². The maximum absolute atomic E-state index is 11.1. The fourth-order valence-electron chi connectivity index (χ4n) is 2.83. The molecule has 1 atom stereocenters. The predicted octanol–water partition coefficient (Wildman–Crippen LogP) is 2.94. The van der Waals surface area contributed by atoms with Crippen molar-refractivity contribution >= 4 is 11.8 Å². The summed E-state index contributed by atoms with van der Waals surface area (Å²) in [5.74, 6) is -0.211. The molecule has 0 spiro atoms. The van der Waals surface area contributed by atoms with E-state index >= 15 is 0 Å². The van der Waals surface area contributed by atoms with Crippen molar-refractivity contribution in [2.45, 2.75) is 32.2 Å². The Labute approximate surface area is 123 Å². The summed E-state index contributed by atoms with van der Waals surface area (Å²) in [5, 5.41) is 16.5. The predicted molar refractivity (Wildman–Crippen MR) is 80.9 cm³/mol. The number of hydrogen-bond acceptors (Lipinski definition) is 3. The SMILES string of the molecule is CCCc1ccc(C2CCNc3cc(C(=O)O)nn32)cc1. The number of carbonyl (C=O) groups is 1. The van der Waals surface area contributed by atoms with E-state index in [-0.39, 0.29) is 11.7 Å². The number of fused-ring (bicyclic) bond motifs is 1. The highest BCUT2D eigenvalue weighted by atomic mass is 16.4. The summed E-state index contributed by atoms with van der Waals surface area (Å²) in [6.45, 7) is 3.00. The van der Waals surface area contributed by atoms with E-state index < -0.39 is 5.97 Å². The van der Waals surface area contributed by atoms with Crippen LogP contribution in [-0.2, 0) is 6.42 Å². The van der Waals surface area contributed by atoms with E-state index in [9.17, 15) is 4.79 Å². The van der Waals surface area contributed by atoms with Crippen LogP contribution < -0.4 is 5.32 Å². The smallest absolute Gasteiger partial charge is 0.356 e. The Morgan fingerprint density at radius 1 is 1.43 bits per heavy atom. The van der Waals surface area contributed by atoms with Crippen molar-refractivity contribution in [1.29, 1.82) is 0 Å². The van der Waals surface area contributed by atoms with E-state index in [1.807, 2.05) is 0 Å². The van der Waals surface area contributed by atoms with Crippen LogP contribution in [0.15, 0.2) is 30.3 Å². The second-order valence-corrected chi connectivity index (χ2v) is 5.39. The normalized spacial score (nSPS) is 17.1. The molecule has 110 valence electrons. The molecule has 1 unspecified atom stereocenters. The number of hydrogen-bond donors (Lipinski definition) is 2. The van der Waals surface area contributed by atoms with Crippen LogP contribution in [-0.4, -0.2) is 27.4 Å². The van der Waals surface area contributed by atoms with E-state index in [0.29, 0.717) is 0 Å². The number of carboxylic acids is 1. The van der Waals surface area contributed by atoms with E-state index in [1.54, 1.807) is 10.7 Å². The minimum Gasteiger partial charge on any atom is -0.476 e. The molecule has 2 aromatic rings. The molecule has 1 aromatic heterocycles. The first-order valence-electron chi connectivity index (χ1n) is 7.34. The average Bonchev–Trinajstić information content (AvgIpc) is 2.93. The monoisotopic (exact) mass is 285 g/mol. The van der Waals surface area contributed by atoms with Gasteiger partial charge in [-0.05, 0) is 24.0 Å². The lowest BCUT2D eigenvalue weighted by atomic mass is 10.00. The highest BCUT2D eigenvalue weighted by Crippen LogP contribution is 2.30. The number of aromatic nitrogens is 2. The molecule has 0 aliphatic carbocycles. The van der Waals surface area contributed by atoms with Gasteiger partial charge in [0.1, 0.15) is 5.82 Å². The molecule has 5 heteroatoms. The molecule has 0 fully saturated rings. The molecule has 0 saturated heterocycles. The van der Waals surface area contributed by atoms with Crippen LogP contribution in [0.4, 0.5) is 5.82 Å². The standard InChI is InChI=1S/C16H19N3O2/c1-2-3-11-4-6-12(7-5-11)14-8-9-17-15-10-13(16(20)21)18-19(14)15/h4-7,10,14,17H,2-3,8-9H2,1H3,(H,20,21). The first-order valence-corrected chi connectivity index (χ1v) is 7.34. The van der Waals surface area contributed by atoms with Gasteiger partial charge >= 0.3 is 5.97 Å². The molecule has 0 amide bonds. The van der Waals surface area contributed by atoms with Gasteiger partial charge in [-0.3, -0.25) is 0 Å². The molecule has 21 heavy (non-hydrogen) atoms. The Morgan fingerprint density at radius 3 is 2.86 bits per heavy atom. The fourth-order valence-corrected chi connectivity index (χ4v) is 2.83. The molecule has 0 bridgehead atoms. The number of carboxylic acid groups (broad SMARTS) is 1. The van der Waals surface area contributed by atoms with Crippen molar-refractivity contribution in [3.8, 4) is 0 Å². The summed E-state index contributed by atoms with van der Waals surface area (Å²) in [4.78, 5) is 11.1. The molecule has 1 aromatic carbocycles. The Kier molecular flexibility index (Phi) is 3.64. The Morgan fingerprint density at radius 2 is 2.19 bits per heavy atom. The highest BCUT2D eigenvalue weighted by Gasteiger charge is 2.24. The lowest BCUT2D eigenvalue weighted by molar-refractivity contribution is 0.0689. The van der Waals surface area contributed by atoms with Gasteiger partial charge in [0.15, 0.2) is 5.69 Å². The Hall–Kier alpha value is -2.30. The second-order valence-electron chi connectivity index (χ2n) is 5.39. The number of rotatable bonds is 4. The number of nitrogens with one attached hydrogen (secondary N) is 1. The van der Waals surface area contributed by atoms with Crippen LogP contribution in [0.3, 0.4) is 0 Å². The molecular formula is C16H19N3O2. The molecule has 1 aliphatic heterocycles. The van der Waals surface area contributed by atoms with Crippen molar-refractivity contribution in [3.63, 3.8) is 0 Å². The van der Waals surface area contributed by atoms with Crippen LogP contribution >= 0.6 is 0 Å². The van der Waals surface area contributed by atoms with Crippen molar-refractivity contribution < 1.29 is 9.90 Å². The van der Waals surface area contributed by atoms with Crippen molar-refractivity contribution in [1.82, 2.24) is 9.78 Å². The molecule has 5 nitrogen and oxygen atoms in total. The number of anilines is 1. The largest absolute Gasteiger partial charge is 0.476 e. The second kappa shape index (κ2) is 5.60. The highest BCUT2D eigenvalue weighted by molar-refractivity contribution is 5.86. The van der Waals surface area contributed by atoms with Gasteiger partial charge in [-0.1, -0.05) is 37.6 Å². The lowest BCUT2D eigenvalue weighted by Crippen LogP contribution is -2.24. The third kappa shape index (κ3) is 2.63. The maximum Gasteiger partial charge on any atom is 0.356 e. The summed E-state index contributed by atoms with van der Waals surface area (Å²) in [7, 11) is 0. The third-order valence-corrected chi connectivity index (χ3v) is 3.88. The topological polar surface area (TPSA) is 67.2 Å². The van der Waals surface area contributed by atoms with Crippen molar-refractivity contribution in [2.75, 3.05) is 11.9 Å². The van der Waals surface area contributed by atoms with Gasteiger partial charge in [-0.2, -0.15) is 5.10 Å². The Bertz CT molecular complexity index is 646. The van der Waals surface area contributed by atoms with Crippen LogP contribution in [0.5, 0.6) is 0 Å². The first kappa shape index (κ1) is 13.7. The zero-order chi connectivity index (χ0) is 14.8. The zero-order valence-electron chi connectivity index (χ0n) is 12.0. The lowest BCUT2D eigenvalue weighted by Gasteiger charge is -2.26. The molecular weight excluding hydrogens is 266 g/mol. The van der Waals surface area contributed by atoms with E-state index in [1.165, 1.54) is 11.1 Å². The first-order chi connectivity index (χ1) is 10.2. The maximum atomic E-state index is 11.1. The molecule has 0 radical (unpaired) electrons. The van der Waals surface area contributed by atoms with Crippen molar-refractivity contribution in [2.24, 2.45) is 0 Å². The molecule has 3 rings (SSSR count). The van der Waals surface area contributed by atoms with Gasteiger partial charge in [-0.25, -0.2) is 9.48 Å². The van der Waals surface area contributed by atoms with Gasteiger partial charge < -0.3 is 10.4 Å². The minimum absolute atomic E-state index is 0.0898. The van der Waals surface area contributed by atoms with Crippen LogP contribution in [0.1, 0.15) is 47.4 Å². The summed E-state index contributed by atoms with van der Waals surface area (Å²) < 4.78 is 1.79. The Balaban J connectivity index is 1.92. The summed E-state index contributed by atoms with van der Waals surface area (Å²) in [6.07, 6.45) is 3.13. The van der Waals surface area contributed by atoms with Crippen LogP contribution in [0.25, 0.3) is 0 Å². The number of aromatic carboxylic acids is 1. The van der Waals surface area contributed by atoms with Gasteiger partial charge in [-0.15, -0.1) is 0 Å². The molecule has 0 saturated carbocycles. The number of aryl methyl sites for hydroxylation is 1. The fraction of sp³-hybridized carbons (Fsp3) is 0.375. The minimum atomic E-state index is -0.990. The molecule has 2 heterocycles. The summed E-state index contributed by atoms with van der Waals surface area (Å²) in [6, 6.07) is 10.3. The van der Waals surface area contributed by atoms with Crippen molar-refractivity contribution in [3.05, 3.63) is 47.2 Å². The van der Waals surface area contributed by atoms with Gasteiger partial charge in [0, 0.05) is 12.6 Å². The molecule has 1 aliphatic rings. The van der Waals surface area contributed by atoms with Gasteiger partial charge in [0.05, 0.1) is 6.04 Å². The third-order valence-electron chi connectivity index (χ3n) is 3.88. The van der Waals surface area contributed by atoms with Crippen LogP contribution in [0, 0.1) is 0 Å². The van der Waals surface area contributed by atoms with Gasteiger partial charge in [0.2, 0.25) is 0 Å². The zero-order valence-corrected chi connectivity index (χ0v) is 12.0. The van der Waals surface area contributed by atoms with E-state index in [4.69, 9.17) is 5.11 Å². The molecule has 2 N–H and O–H groups in total. The number of nitrogens with zero attached hydrogens (tertiary/aromatic N) is 2. The van der Waals surface area contributed by atoms with Gasteiger partial charge in [0.25, 0.3) is 0 Å². The quantitative estimate of drug-likeness (QED) is 0.906. The number of benzene rings is 1.